The number of rotatable bonds is 7. The van der Waals surface area contributed by atoms with Gasteiger partial charge in [0, 0.05) is 7.11 Å². The number of benzene rings is 2. The largest absolute Gasteiger partial charge is 0.481 e. The van der Waals surface area contributed by atoms with Gasteiger partial charge in [-0.15, -0.1) is 0 Å². The van der Waals surface area contributed by atoms with E-state index >= 15 is 0 Å². The summed E-state index contributed by atoms with van der Waals surface area (Å²) >= 11 is 0. The van der Waals surface area contributed by atoms with E-state index in [1.165, 1.54) is 27.4 Å². The van der Waals surface area contributed by atoms with Crippen molar-refractivity contribution in [1.82, 2.24) is 9.97 Å². The molecule has 3 aromatic rings. The number of aliphatic carboxylic acids is 1. The molecule has 166 valence electrons. The van der Waals surface area contributed by atoms with E-state index in [-0.39, 0.29) is 17.8 Å². The fourth-order valence-electron chi connectivity index (χ4n) is 4.28. The maximum absolute atomic E-state index is 12.7. The van der Waals surface area contributed by atoms with Crippen molar-refractivity contribution >= 4 is 5.97 Å². The van der Waals surface area contributed by atoms with Gasteiger partial charge in [0.1, 0.15) is 0 Å². The van der Waals surface area contributed by atoms with Crippen LogP contribution in [0.15, 0.2) is 54.6 Å². The number of carboxylic acids is 1. The molecule has 1 aliphatic carbocycles. The van der Waals surface area contributed by atoms with Crippen molar-refractivity contribution in [1.29, 1.82) is 0 Å². The lowest BCUT2D eigenvalue weighted by Crippen LogP contribution is -2.51. The fourth-order valence-corrected chi connectivity index (χ4v) is 4.28. The van der Waals surface area contributed by atoms with Crippen LogP contribution < -0.4 is 14.2 Å². The summed E-state index contributed by atoms with van der Waals surface area (Å²) in [5.74, 6) is -0.850. The topological polar surface area (TPSA) is 100 Å². The minimum Gasteiger partial charge on any atom is -0.481 e. The maximum Gasteiger partial charge on any atom is 0.348 e. The van der Waals surface area contributed by atoms with E-state index in [2.05, 4.69) is 9.97 Å². The summed E-state index contributed by atoms with van der Waals surface area (Å²) in [4.78, 5) is 21.0. The standard InChI is InChI=1S/C24H24N2O6/c1-29-19-14-20(30-2)26-23(25-19)32-21(22(27)28)24(31-3)17-10-6-4-8-15(17)12-13-16-9-5-7-11-18(16)24/h4-11,14,21H,12-13H2,1-3H3,(H,27,28). The first-order chi connectivity index (χ1) is 15.5. The molecule has 8 nitrogen and oxygen atoms in total. The quantitative estimate of drug-likeness (QED) is 0.603. The smallest absolute Gasteiger partial charge is 0.348 e. The van der Waals surface area contributed by atoms with Crippen LogP contribution in [0.3, 0.4) is 0 Å². The molecule has 0 bridgehead atoms. The first kappa shape index (κ1) is 21.6. The minimum absolute atomic E-state index is 0.184. The Kier molecular flexibility index (Phi) is 5.96. The summed E-state index contributed by atoms with van der Waals surface area (Å²) in [6.45, 7) is 0. The molecule has 0 spiro atoms. The van der Waals surface area contributed by atoms with Crippen LogP contribution in [0, 0.1) is 0 Å². The normalized spacial score (nSPS) is 15.0. The van der Waals surface area contributed by atoms with Crippen molar-refractivity contribution in [2.75, 3.05) is 21.3 Å². The molecule has 0 amide bonds. The van der Waals surface area contributed by atoms with Crippen LogP contribution in [0.25, 0.3) is 0 Å². The minimum atomic E-state index is -1.50. The van der Waals surface area contributed by atoms with Crippen LogP contribution in [-0.2, 0) is 28.0 Å². The van der Waals surface area contributed by atoms with Crippen LogP contribution in [0.1, 0.15) is 22.3 Å². The van der Waals surface area contributed by atoms with Crippen molar-refractivity contribution in [2.24, 2.45) is 0 Å². The number of ether oxygens (including phenoxy) is 4. The van der Waals surface area contributed by atoms with E-state index in [0.717, 1.165) is 35.1 Å². The lowest BCUT2D eigenvalue weighted by molar-refractivity contribution is -0.160. The van der Waals surface area contributed by atoms with Gasteiger partial charge in [0.2, 0.25) is 17.9 Å². The van der Waals surface area contributed by atoms with E-state index in [1.54, 1.807) is 0 Å². The van der Waals surface area contributed by atoms with Gasteiger partial charge in [-0.3, -0.25) is 0 Å². The predicted molar refractivity (Wildman–Crippen MR) is 115 cm³/mol. The van der Waals surface area contributed by atoms with E-state index in [4.69, 9.17) is 18.9 Å². The maximum atomic E-state index is 12.7. The van der Waals surface area contributed by atoms with Gasteiger partial charge in [-0.1, -0.05) is 48.5 Å². The number of fused-ring (bicyclic) bond motifs is 2. The number of carbonyl (C=O) groups is 1. The van der Waals surface area contributed by atoms with E-state index in [1.807, 2.05) is 48.5 Å². The van der Waals surface area contributed by atoms with Crippen LogP contribution in [0.5, 0.6) is 17.8 Å². The highest BCUT2D eigenvalue weighted by Crippen LogP contribution is 2.44. The zero-order chi connectivity index (χ0) is 22.7. The van der Waals surface area contributed by atoms with Crippen molar-refractivity contribution in [2.45, 2.75) is 24.5 Å². The van der Waals surface area contributed by atoms with Gasteiger partial charge in [-0.25, -0.2) is 4.79 Å². The van der Waals surface area contributed by atoms with E-state index in [9.17, 15) is 9.90 Å². The van der Waals surface area contributed by atoms with E-state index in [0.29, 0.717) is 0 Å². The van der Waals surface area contributed by atoms with Gasteiger partial charge < -0.3 is 24.1 Å². The molecular formula is C24H24N2O6. The van der Waals surface area contributed by atoms with Gasteiger partial charge in [-0.05, 0) is 35.1 Å². The molecule has 8 heteroatoms. The summed E-state index contributed by atoms with van der Waals surface area (Å²) in [5.41, 5.74) is 2.01. The number of aromatic nitrogens is 2. The third-order valence-electron chi connectivity index (χ3n) is 5.71. The second kappa shape index (κ2) is 8.84. The molecule has 1 atom stereocenters. The molecule has 1 aromatic heterocycles. The second-order valence-electron chi connectivity index (χ2n) is 7.33. The molecule has 0 saturated carbocycles. The molecular weight excluding hydrogens is 412 g/mol. The molecule has 1 unspecified atom stereocenters. The Labute approximate surface area is 185 Å². The molecule has 4 rings (SSSR count). The van der Waals surface area contributed by atoms with Crippen LogP contribution in [0.4, 0.5) is 0 Å². The third kappa shape index (κ3) is 3.62. The number of methoxy groups -OCH3 is 3. The predicted octanol–water partition coefficient (Wildman–Crippen LogP) is 3.01. The van der Waals surface area contributed by atoms with Crippen molar-refractivity contribution in [3.8, 4) is 17.8 Å². The van der Waals surface area contributed by atoms with Crippen molar-refractivity contribution < 1.29 is 28.8 Å². The molecule has 1 aliphatic rings. The molecule has 1 heterocycles. The molecule has 0 radical (unpaired) electrons. The number of nitrogens with zero attached hydrogens (tertiary/aromatic N) is 2. The molecule has 1 N–H and O–H groups in total. The number of hydrogen-bond acceptors (Lipinski definition) is 7. The summed E-state index contributed by atoms with van der Waals surface area (Å²) in [6.07, 6.45) is -0.00731. The molecule has 0 saturated heterocycles. The highest BCUT2D eigenvalue weighted by atomic mass is 16.6. The van der Waals surface area contributed by atoms with Crippen LogP contribution in [-0.4, -0.2) is 48.5 Å². The summed E-state index contributed by atoms with van der Waals surface area (Å²) in [5, 5.41) is 10.4. The van der Waals surface area contributed by atoms with Crippen LogP contribution in [0.2, 0.25) is 0 Å². The Morgan fingerprint density at radius 2 is 1.41 bits per heavy atom. The average Bonchev–Trinajstić information content (AvgIpc) is 2.97. The lowest BCUT2D eigenvalue weighted by Gasteiger charge is -2.38. The summed E-state index contributed by atoms with van der Waals surface area (Å²) in [6, 6.07) is 16.6. The van der Waals surface area contributed by atoms with Gasteiger partial charge >= 0.3 is 12.0 Å². The molecule has 32 heavy (non-hydrogen) atoms. The number of carboxylic acid groups (broad SMARTS) is 1. The SMILES string of the molecule is COc1cc(OC)nc(OC(C(=O)O)C2(OC)c3ccccc3CCc3ccccc32)n1. The monoisotopic (exact) mass is 436 g/mol. The fraction of sp³-hybridized carbons (Fsp3) is 0.292. The second-order valence-corrected chi connectivity index (χ2v) is 7.33. The third-order valence-corrected chi connectivity index (χ3v) is 5.71. The Morgan fingerprint density at radius 3 is 1.84 bits per heavy atom. The van der Waals surface area contributed by atoms with Gasteiger partial charge in [0.25, 0.3) is 0 Å². The summed E-state index contributed by atoms with van der Waals surface area (Å²) < 4.78 is 22.4. The first-order valence-electron chi connectivity index (χ1n) is 10.1. The number of aryl methyl sites for hydroxylation is 2. The van der Waals surface area contributed by atoms with Gasteiger partial charge in [-0.2, -0.15) is 9.97 Å². The Morgan fingerprint density at radius 1 is 0.906 bits per heavy atom. The lowest BCUT2D eigenvalue weighted by atomic mass is 9.78. The van der Waals surface area contributed by atoms with Crippen molar-refractivity contribution in [3.05, 3.63) is 76.9 Å². The van der Waals surface area contributed by atoms with Crippen LogP contribution >= 0.6 is 0 Å². The zero-order valence-electron chi connectivity index (χ0n) is 18.1. The Hall–Kier alpha value is -3.65. The highest BCUT2D eigenvalue weighted by molar-refractivity contribution is 5.77. The molecule has 0 fully saturated rings. The zero-order valence-corrected chi connectivity index (χ0v) is 18.1. The average molecular weight is 436 g/mol. The summed E-state index contributed by atoms with van der Waals surface area (Å²) in [7, 11) is 4.37. The van der Waals surface area contributed by atoms with Gasteiger partial charge in [0.05, 0.1) is 20.3 Å². The Balaban J connectivity index is 1.94. The van der Waals surface area contributed by atoms with Crippen molar-refractivity contribution in [3.63, 3.8) is 0 Å². The molecule has 0 aliphatic heterocycles. The molecule has 2 aromatic carbocycles. The van der Waals surface area contributed by atoms with Gasteiger partial charge in [0.15, 0.2) is 5.60 Å². The van der Waals surface area contributed by atoms with E-state index < -0.39 is 17.7 Å². The number of hydrogen-bond donors (Lipinski definition) is 1. The first-order valence-corrected chi connectivity index (χ1v) is 10.1. The Bertz CT molecular complexity index is 1060. The highest BCUT2D eigenvalue weighted by Gasteiger charge is 2.52.